The summed E-state index contributed by atoms with van der Waals surface area (Å²) in [6, 6.07) is 0. The molecule has 4 nitrogen and oxygen atoms in total. The number of hydrogen-bond acceptors (Lipinski definition) is 2. The van der Waals surface area contributed by atoms with Gasteiger partial charge in [-0.15, -0.1) is 0 Å². The average Bonchev–Trinajstić information content (AvgIpc) is 2.93. The van der Waals surface area contributed by atoms with Crippen molar-refractivity contribution in [2.24, 2.45) is 23.3 Å². The Hall–Kier alpha value is -1.06. The Labute approximate surface area is 251 Å². The summed E-state index contributed by atoms with van der Waals surface area (Å²) in [6.45, 7) is 4.54. The van der Waals surface area contributed by atoms with E-state index in [2.05, 4.69) is 13.8 Å². The van der Waals surface area contributed by atoms with Gasteiger partial charge in [-0.2, -0.15) is 0 Å². The summed E-state index contributed by atoms with van der Waals surface area (Å²) in [7, 11) is 0. The van der Waals surface area contributed by atoms with Gasteiger partial charge in [0.05, 0.1) is 0 Å². The molecule has 0 rings (SSSR count). The second kappa shape index (κ2) is 30.9. The molecule has 2 unspecified atom stereocenters. The highest BCUT2D eigenvalue weighted by molar-refractivity contribution is 5.77. The van der Waals surface area contributed by atoms with Crippen LogP contribution >= 0.6 is 0 Å². The van der Waals surface area contributed by atoms with E-state index in [1.165, 1.54) is 141 Å². The van der Waals surface area contributed by atoms with Crippen molar-refractivity contribution in [1.29, 1.82) is 0 Å². The van der Waals surface area contributed by atoms with Crippen LogP contribution in [-0.4, -0.2) is 11.8 Å². The van der Waals surface area contributed by atoms with Crippen LogP contribution in [0, 0.1) is 11.8 Å². The number of amides is 2. The molecule has 4 heteroatoms. The minimum absolute atomic E-state index is 0.00788. The average molecular weight is 565 g/mol. The maximum Gasteiger partial charge on any atom is 0.220 e. The van der Waals surface area contributed by atoms with Crippen molar-refractivity contribution in [2.75, 3.05) is 0 Å². The van der Waals surface area contributed by atoms with E-state index in [4.69, 9.17) is 11.5 Å². The van der Waals surface area contributed by atoms with E-state index in [1.807, 2.05) is 0 Å². The first-order valence-electron chi connectivity index (χ1n) is 18.1. The number of carbonyl (C=O) groups excluding carboxylic acids is 2. The number of primary amides is 2. The van der Waals surface area contributed by atoms with Gasteiger partial charge in [-0.3, -0.25) is 9.59 Å². The zero-order chi connectivity index (χ0) is 29.5. The zero-order valence-corrected chi connectivity index (χ0v) is 27.3. The molecule has 0 aromatic heterocycles. The van der Waals surface area contributed by atoms with Gasteiger partial charge in [0.15, 0.2) is 0 Å². The highest BCUT2D eigenvalue weighted by Crippen LogP contribution is 2.22. The zero-order valence-electron chi connectivity index (χ0n) is 27.3. The number of carbonyl (C=O) groups is 2. The molecule has 2 atom stereocenters. The lowest BCUT2D eigenvalue weighted by atomic mass is 9.90. The van der Waals surface area contributed by atoms with Crippen molar-refractivity contribution in [2.45, 2.75) is 206 Å². The standard InChI is InChI=1S/C36H72N2O2/c1-3-5-7-9-11-13-15-17-19-21-23-25-29-33(35(37)39)31-27-28-32-34(36(38)40)30-26-24-22-20-18-16-14-12-10-8-6-4-2/h33-34H,3-32H2,1-2H3,(H2,37,39)(H2,38,40). The number of rotatable bonds is 33. The van der Waals surface area contributed by atoms with Crippen LogP contribution in [0.1, 0.15) is 206 Å². The summed E-state index contributed by atoms with van der Waals surface area (Å²) < 4.78 is 0. The van der Waals surface area contributed by atoms with Gasteiger partial charge >= 0.3 is 0 Å². The molecule has 0 aliphatic carbocycles. The Balaban J connectivity index is 3.76. The third-order valence-electron chi connectivity index (χ3n) is 8.97. The van der Waals surface area contributed by atoms with E-state index in [0.717, 1.165) is 51.4 Å². The molecule has 0 spiro atoms. The minimum atomic E-state index is -0.147. The molecule has 0 aromatic carbocycles. The normalized spacial score (nSPS) is 12.9. The van der Waals surface area contributed by atoms with Gasteiger partial charge in [-0.05, 0) is 25.7 Å². The predicted octanol–water partition coefficient (Wildman–Crippen LogP) is 10.9. The highest BCUT2D eigenvalue weighted by Gasteiger charge is 2.17. The Morgan fingerprint density at radius 3 is 0.725 bits per heavy atom. The Bertz CT molecular complexity index is 503. The first-order chi connectivity index (χ1) is 19.5. The summed E-state index contributed by atoms with van der Waals surface area (Å²) in [6.07, 6.45) is 37.4. The summed E-state index contributed by atoms with van der Waals surface area (Å²) in [4.78, 5) is 23.9. The molecule has 0 aliphatic rings. The molecule has 238 valence electrons. The summed E-state index contributed by atoms with van der Waals surface area (Å²) in [5.74, 6) is -0.310. The van der Waals surface area contributed by atoms with Crippen molar-refractivity contribution < 1.29 is 9.59 Å². The van der Waals surface area contributed by atoms with E-state index in [9.17, 15) is 9.59 Å². The van der Waals surface area contributed by atoms with E-state index in [1.54, 1.807) is 0 Å². The minimum Gasteiger partial charge on any atom is -0.369 e. The van der Waals surface area contributed by atoms with Gasteiger partial charge in [-0.25, -0.2) is 0 Å². The van der Waals surface area contributed by atoms with E-state index < -0.39 is 0 Å². The largest absolute Gasteiger partial charge is 0.369 e. The Kier molecular flexibility index (Phi) is 30.1. The highest BCUT2D eigenvalue weighted by atomic mass is 16.1. The smallest absolute Gasteiger partial charge is 0.220 e. The fraction of sp³-hybridized carbons (Fsp3) is 0.944. The van der Waals surface area contributed by atoms with E-state index in [-0.39, 0.29) is 23.7 Å². The molecule has 0 aromatic rings. The fourth-order valence-electron chi connectivity index (χ4n) is 6.10. The third kappa shape index (κ3) is 27.1. The second-order valence-electron chi connectivity index (χ2n) is 12.8. The quantitative estimate of drug-likeness (QED) is 0.0776. The lowest BCUT2D eigenvalue weighted by molar-refractivity contribution is -0.123. The Morgan fingerprint density at radius 1 is 0.350 bits per heavy atom. The first-order valence-corrected chi connectivity index (χ1v) is 18.1. The maximum absolute atomic E-state index is 12.0. The second-order valence-corrected chi connectivity index (χ2v) is 12.8. The molecule has 2 amide bonds. The number of unbranched alkanes of at least 4 members (excludes halogenated alkanes) is 23. The van der Waals surface area contributed by atoms with Gasteiger partial charge in [0.25, 0.3) is 0 Å². The molecule has 0 saturated heterocycles. The molecule has 4 N–H and O–H groups in total. The molecule has 0 fully saturated rings. The molecular formula is C36H72N2O2. The maximum atomic E-state index is 12.0. The van der Waals surface area contributed by atoms with Gasteiger partial charge in [-0.1, -0.05) is 181 Å². The van der Waals surface area contributed by atoms with Crippen LogP contribution in [0.2, 0.25) is 0 Å². The first kappa shape index (κ1) is 38.9. The molecule has 40 heavy (non-hydrogen) atoms. The van der Waals surface area contributed by atoms with Crippen LogP contribution < -0.4 is 11.5 Å². The number of nitrogens with two attached hydrogens (primary N) is 2. The van der Waals surface area contributed by atoms with Crippen LogP contribution in [0.3, 0.4) is 0 Å². The van der Waals surface area contributed by atoms with Gasteiger partial charge in [0.1, 0.15) is 0 Å². The topological polar surface area (TPSA) is 86.2 Å². The van der Waals surface area contributed by atoms with Crippen molar-refractivity contribution in [3.05, 3.63) is 0 Å². The van der Waals surface area contributed by atoms with Gasteiger partial charge in [0.2, 0.25) is 11.8 Å². The summed E-state index contributed by atoms with van der Waals surface area (Å²) >= 11 is 0. The van der Waals surface area contributed by atoms with Crippen molar-refractivity contribution in [1.82, 2.24) is 0 Å². The predicted molar refractivity (Wildman–Crippen MR) is 175 cm³/mol. The van der Waals surface area contributed by atoms with Crippen molar-refractivity contribution in [3.8, 4) is 0 Å². The van der Waals surface area contributed by atoms with Gasteiger partial charge in [0, 0.05) is 11.8 Å². The van der Waals surface area contributed by atoms with Crippen LogP contribution in [0.25, 0.3) is 0 Å². The van der Waals surface area contributed by atoms with Crippen LogP contribution in [0.5, 0.6) is 0 Å². The fourth-order valence-corrected chi connectivity index (χ4v) is 6.10. The van der Waals surface area contributed by atoms with Crippen LogP contribution in [0.15, 0.2) is 0 Å². The summed E-state index contributed by atoms with van der Waals surface area (Å²) in [5, 5.41) is 0. The lowest BCUT2D eigenvalue weighted by Gasteiger charge is -2.15. The van der Waals surface area contributed by atoms with E-state index >= 15 is 0 Å². The molecular weight excluding hydrogens is 492 g/mol. The lowest BCUT2D eigenvalue weighted by Crippen LogP contribution is -2.24. The van der Waals surface area contributed by atoms with E-state index in [0.29, 0.717) is 0 Å². The Morgan fingerprint density at radius 2 is 0.525 bits per heavy atom. The molecule has 0 bridgehead atoms. The molecule has 0 aliphatic heterocycles. The third-order valence-corrected chi connectivity index (χ3v) is 8.97. The number of hydrogen-bond donors (Lipinski definition) is 2. The summed E-state index contributed by atoms with van der Waals surface area (Å²) in [5.41, 5.74) is 11.4. The molecule has 0 saturated carbocycles. The van der Waals surface area contributed by atoms with Crippen molar-refractivity contribution >= 4 is 11.8 Å². The molecule has 0 heterocycles. The van der Waals surface area contributed by atoms with Crippen LogP contribution in [-0.2, 0) is 9.59 Å². The van der Waals surface area contributed by atoms with Gasteiger partial charge < -0.3 is 11.5 Å². The van der Waals surface area contributed by atoms with Crippen LogP contribution in [0.4, 0.5) is 0 Å². The SMILES string of the molecule is CCCCCCCCCCCCCCC(CCCCC(CCCCCCCCCCCCCC)C(N)=O)C(N)=O. The monoisotopic (exact) mass is 565 g/mol. The molecule has 0 radical (unpaired) electrons. The van der Waals surface area contributed by atoms with Crippen molar-refractivity contribution in [3.63, 3.8) is 0 Å².